The number of carbonyl (C=O) groups is 1. The van der Waals surface area contributed by atoms with Crippen LogP contribution < -0.4 is 14.8 Å². The van der Waals surface area contributed by atoms with Gasteiger partial charge in [-0.1, -0.05) is 31.0 Å². The number of nitrogens with one attached hydrogen (secondary N) is 2. The monoisotopic (exact) mass is 452 g/mol. The molecule has 31 heavy (non-hydrogen) atoms. The summed E-state index contributed by atoms with van der Waals surface area (Å²) in [6.45, 7) is 0.275. The van der Waals surface area contributed by atoms with Gasteiger partial charge in [-0.15, -0.1) is 0 Å². The highest BCUT2D eigenvalue weighted by atomic mass is 32.2. The van der Waals surface area contributed by atoms with Crippen molar-refractivity contribution in [2.75, 3.05) is 20.2 Å². The van der Waals surface area contributed by atoms with Gasteiger partial charge in [-0.05, 0) is 37.1 Å². The minimum absolute atomic E-state index is 0.0785. The van der Waals surface area contributed by atoms with Crippen LogP contribution in [0.15, 0.2) is 47.4 Å². The van der Waals surface area contributed by atoms with E-state index in [-0.39, 0.29) is 24.3 Å². The number of hydrogen-bond donors (Lipinski definition) is 2. The molecule has 0 unspecified atom stereocenters. The summed E-state index contributed by atoms with van der Waals surface area (Å²) in [5, 5.41) is 2.92. The van der Waals surface area contributed by atoms with E-state index >= 15 is 0 Å². The van der Waals surface area contributed by atoms with Gasteiger partial charge in [0.15, 0.2) is 11.6 Å². The van der Waals surface area contributed by atoms with Gasteiger partial charge < -0.3 is 10.1 Å². The summed E-state index contributed by atoms with van der Waals surface area (Å²) in [6, 6.07) is 10.1. The van der Waals surface area contributed by atoms with Crippen LogP contribution in [0.5, 0.6) is 5.75 Å². The number of ether oxygens (including phenoxy) is 1. The first-order chi connectivity index (χ1) is 14.8. The molecule has 1 aliphatic rings. The van der Waals surface area contributed by atoms with Crippen molar-refractivity contribution in [2.24, 2.45) is 0 Å². The summed E-state index contributed by atoms with van der Waals surface area (Å²) in [6.07, 6.45) is 3.89. The molecule has 0 bridgehead atoms. The van der Waals surface area contributed by atoms with E-state index < -0.39 is 26.6 Å². The van der Waals surface area contributed by atoms with Crippen molar-refractivity contribution >= 4 is 15.9 Å². The Morgan fingerprint density at radius 2 is 1.81 bits per heavy atom. The van der Waals surface area contributed by atoms with Crippen LogP contribution in [-0.4, -0.2) is 34.5 Å². The van der Waals surface area contributed by atoms with E-state index in [1.807, 2.05) is 24.3 Å². The van der Waals surface area contributed by atoms with Crippen LogP contribution in [0.25, 0.3) is 0 Å². The molecule has 0 spiro atoms. The lowest BCUT2D eigenvalue weighted by Crippen LogP contribution is -2.40. The lowest BCUT2D eigenvalue weighted by molar-refractivity contribution is -0.121. The Morgan fingerprint density at radius 1 is 1.10 bits per heavy atom. The summed E-state index contributed by atoms with van der Waals surface area (Å²) >= 11 is 0. The molecule has 9 heteroatoms. The van der Waals surface area contributed by atoms with Crippen molar-refractivity contribution in [2.45, 2.75) is 42.4 Å². The second-order valence-corrected chi connectivity index (χ2v) is 9.46. The van der Waals surface area contributed by atoms with Gasteiger partial charge in [0, 0.05) is 30.5 Å². The van der Waals surface area contributed by atoms with E-state index in [4.69, 9.17) is 4.74 Å². The Morgan fingerprint density at radius 3 is 2.48 bits per heavy atom. The number of rotatable bonds is 9. The van der Waals surface area contributed by atoms with Crippen molar-refractivity contribution in [3.63, 3.8) is 0 Å². The molecule has 1 aliphatic carbocycles. The van der Waals surface area contributed by atoms with E-state index in [2.05, 4.69) is 10.0 Å². The van der Waals surface area contributed by atoms with Crippen molar-refractivity contribution in [1.82, 2.24) is 10.0 Å². The number of hydrogen-bond acceptors (Lipinski definition) is 4. The van der Waals surface area contributed by atoms with Gasteiger partial charge in [-0.25, -0.2) is 21.9 Å². The number of carbonyl (C=O) groups excluding carboxylic acids is 1. The number of methoxy groups -OCH3 is 1. The number of sulfonamides is 1. The highest BCUT2D eigenvalue weighted by Crippen LogP contribution is 2.44. The third kappa shape index (κ3) is 5.40. The minimum atomic E-state index is -4.04. The molecule has 168 valence electrons. The summed E-state index contributed by atoms with van der Waals surface area (Å²) in [4.78, 5) is 12.0. The second kappa shape index (κ2) is 9.74. The Bertz CT molecular complexity index is 1040. The molecule has 2 N–H and O–H groups in total. The molecule has 0 heterocycles. The topological polar surface area (TPSA) is 84.5 Å². The Balaban J connectivity index is 1.57. The summed E-state index contributed by atoms with van der Waals surface area (Å²) in [5.74, 6) is -1.89. The number of amides is 1. The molecule has 1 fully saturated rings. The van der Waals surface area contributed by atoms with Crippen molar-refractivity contribution in [3.8, 4) is 5.75 Å². The van der Waals surface area contributed by atoms with Crippen LogP contribution in [0.3, 0.4) is 0 Å². The Hall–Kier alpha value is -2.52. The molecule has 0 saturated heterocycles. The molecule has 0 radical (unpaired) electrons. The zero-order chi connectivity index (χ0) is 22.5. The highest BCUT2D eigenvalue weighted by molar-refractivity contribution is 7.89. The standard InChI is InChI=1S/C22H26F2N2O4S/c1-30-20-7-3-2-6-17(20)22(11-4-5-12-22)15-25-21(27)10-13-26-31(28,29)16-8-9-18(23)19(24)14-16/h2-3,6-9,14,26H,4-5,10-13,15H2,1H3,(H,25,27). The van der Waals surface area contributed by atoms with E-state index in [1.54, 1.807) is 7.11 Å². The van der Waals surface area contributed by atoms with Gasteiger partial charge in [0.25, 0.3) is 0 Å². The van der Waals surface area contributed by atoms with E-state index in [0.717, 1.165) is 49.1 Å². The van der Waals surface area contributed by atoms with E-state index in [1.165, 1.54) is 0 Å². The maximum atomic E-state index is 13.3. The fourth-order valence-corrected chi connectivity index (χ4v) is 5.10. The first-order valence-electron chi connectivity index (χ1n) is 10.1. The van der Waals surface area contributed by atoms with Crippen molar-refractivity contribution in [3.05, 3.63) is 59.7 Å². The molecule has 6 nitrogen and oxygen atoms in total. The zero-order valence-corrected chi connectivity index (χ0v) is 18.1. The van der Waals surface area contributed by atoms with Gasteiger partial charge in [-0.2, -0.15) is 0 Å². The van der Waals surface area contributed by atoms with Gasteiger partial charge in [0.05, 0.1) is 12.0 Å². The lowest BCUT2D eigenvalue weighted by Gasteiger charge is -2.31. The predicted molar refractivity (Wildman–Crippen MR) is 112 cm³/mol. The first kappa shape index (κ1) is 23.1. The smallest absolute Gasteiger partial charge is 0.240 e. The number of halogens is 2. The fraction of sp³-hybridized carbons (Fsp3) is 0.409. The van der Waals surface area contributed by atoms with Gasteiger partial charge in [0.2, 0.25) is 15.9 Å². The van der Waals surface area contributed by atoms with Crippen molar-refractivity contribution < 1.29 is 26.7 Å². The Labute approximate surface area is 181 Å². The van der Waals surface area contributed by atoms with Crippen molar-refractivity contribution in [1.29, 1.82) is 0 Å². The van der Waals surface area contributed by atoms with Gasteiger partial charge >= 0.3 is 0 Å². The molecule has 1 saturated carbocycles. The SMILES string of the molecule is COc1ccccc1C1(CNC(=O)CCNS(=O)(=O)c2ccc(F)c(F)c2)CCCC1. The van der Waals surface area contributed by atoms with Gasteiger partial charge in [-0.3, -0.25) is 4.79 Å². The van der Waals surface area contributed by atoms with E-state index in [9.17, 15) is 22.0 Å². The zero-order valence-electron chi connectivity index (χ0n) is 17.3. The van der Waals surface area contributed by atoms with Crippen LogP contribution in [-0.2, 0) is 20.2 Å². The molecule has 0 aliphatic heterocycles. The van der Waals surface area contributed by atoms with Crippen LogP contribution in [0, 0.1) is 11.6 Å². The number of para-hydroxylation sites is 1. The molecular formula is C22H26F2N2O4S. The fourth-order valence-electron chi connectivity index (χ4n) is 4.06. The van der Waals surface area contributed by atoms with Crippen LogP contribution in [0.2, 0.25) is 0 Å². The predicted octanol–water partition coefficient (Wildman–Crippen LogP) is 3.27. The molecule has 0 atom stereocenters. The van der Waals surface area contributed by atoms with Crippen LogP contribution in [0.4, 0.5) is 8.78 Å². The van der Waals surface area contributed by atoms with Crippen LogP contribution >= 0.6 is 0 Å². The summed E-state index contributed by atoms with van der Waals surface area (Å²) < 4.78 is 58.5. The molecule has 2 aromatic rings. The second-order valence-electron chi connectivity index (χ2n) is 7.69. The average molecular weight is 453 g/mol. The van der Waals surface area contributed by atoms with E-state index in [0.29, 0.717) is 12.6 Å². The largest absolute Gasteiger partial charge is 0.496 e. The molecule has 0 aromatic heterocycles. The molecule has 1 amide bonds. The summed E-state index contributed by atoms with van der Waals surface area (Å²) in [5.41, 5.74) is 0.849. The Kier molecular flexibility index (Phi) is 7.27. The quantitative estimate of drug-likeness (QED) is 0.612. The van der Waals surface area contributed by atoms with Gasteiger partial charge in [0.1, 0.15) is 5.75 Å². The molecule has 2 aromatic carbocycles. The highest BCUT2D eigenvalue weighted by Gasteiger charge is 2.38. The lowest BCUT2D eigenvalue weighted by atomic mass is 9.78. The molecular weight excluding hydrogens is 426 g/mol. The average Bonchev–Trinajstić information content (AvgIpc) is 3.24. The maximum Gasteiger partial charge on any atom is 0.240 e. The third-order valence-corrected chi connectivity index (χ3v) is 7.17. The third-order valence-electron chi connectivity index (χ3n) is 5.71. The first-order valence-corrected chi connectivity index (χ1v) is 11.6. The number of benzene rings is 2. The van der Waals surface area contributed by atoms with Crippen LogP contribution in [0.1, 0.15) is 37.7 Å². The minimum Gasteiger partial charge on any atom is -0.496 e. The summed E-state index contributed by atoms with van der Waals surface area (Å²) in [7, 11) is -2.42. The normalized spacial score (nSPS) is 15.6. The molecule has 3 rings (SSSR count). The maximum absolute atomic E-state index is 13.3.